The normalized spacial score (nSPS) is 24.6. The second kappa shape index (κ2) is 5.18. The highest BCUT2D eigenvalue weighted by Gasteiger charge is 2.47. The van der Waals surface area contributed by atoms with E-state index in [1.54, 1.807) is 12.1 Å². The average Bonchev–Trinajstić information content (AvgIpc) is 2.59. The number of hydrogen-bond donors (Lipinski definition) is 3. The lowest BCUT2D eigenvalue weighted by atomic mass is 9.89. The van der Waals surface area contributed by atoms with Crippen LogP contribution in [0.4, 0.5) is 0 Å². The van der Waals surface area contributed by atoms with Gasteiger partial charge in [-0.3, -0.25) is 4.79 Å². The molecular weight excluding hydrogens is 270 g/mol. The third-order valence-electron chi connectivity index (χ3n) is 3.00. The monoisotopic (exact) mass is 287 g/mol. The number of sulfonamides is 1. The fourth-order valence-electron chi connectivity index (χ4n) is 2.02. The molecule has 0 aromatic heterocycles. The smallest absolute Gasteiger partial charge is 0.325 e. The van der Waals surface area contributed by atoms with E-state index in [4.69, 9.17) is 5.11 Å². The van der Waals surface area contributed by atoms with Crippen LogP contribution < -0.4 is 4.72 Å². The molecule has 1 unspecified atom stereocenters. The van der Waals surface area contributed by atoms with Gasteiger partial charge in [0, 0.05) is 6.42 Å². The molecule has 1 heterocycles. The summed E-state index contributed by atoms with van der Waals surface area (Å²) in [6, 6.07) is 6.03. The molecule has 1 aliphatic rings. The maximum Gasteiger partial charge on any atom is 0.325 e. The predicted octanol–water partition coefficient (Wildman–Crippen LogP) is 0.717. The van der Waals surface area contributed by atoms with Crippen LogP contribution in [-0.4, -0.2) is 35.9 Å². The first-order valence-corrected chi connectivity index (χ1v) is 7.01. The summed E-state index contributed by atoms with van der Waals surface area (Å²) in [6.07, 6.45) is 0.0907. The fraction of sp³-hybridized carbons (Fsp3) is 0.417. The van der Waals surface area contributed by atoms with Crippen LogP contribution in [0.2, 0.25) is 0 Å². The van der Waals surface area contributed by atoms with E-state index in [0.717, 1.165) is 0 Å². The summed E-state index contributed by atoms with van der Waals surface area (Å²) in [5, 5.41) is 18.4. The summed E-state index contributed by atoms with van der Waals surface area (Å²) in [7, 11) is -3.51. The van der Waals surface area contributed by atoms with E-state index >= 15 is 0 Å². The van der Waals surface area contributed by atoms with Crippen LogP contribution in [-0.2, 0) is 21.2 Å². The number of rotatable bonds is 3. The highest BCUT2D eigenvalue weighted by Crippen LogP contribution is 2.26. The zero-order valence-electron chi connectivity index (χ0n) is 9.46. The Morgan fingerprint density at radius 2 is 1.89 bits per heavy atom. The molecule has 1 aromatic rings. The zero-order valence-corrected chi connectivity index (χ0v) is 10.3. The van der Waals surface area contributed by atoms with E-state index in [1.807, 2.05) is 0 Å². The molecule has 1 aliphatic heterocycles. The number of carboxylic acid groups (broad SMARTS) is 1. The van der Waals surface area contributed by atoms with Gasteiger partial charge in [-0.05, 0) is 24.1 Å². The molecule has 1 atom stereocenters. The number of carboxylic acids is 1. The van der Waals surface area contributed by atoms with Crippen molar-refractivity contribution >= 4 is 16.0 Å². The number of carbonyl (C=O) groups is 1. The third-order valence-corrected chi connectivity index (χ3v) is 4.44. The number of benzene rings is 1. The topological polar surface area (TPSA) is 104 Å². The van der Waals surface area contributed by atoms with Crippen LogP contribution in [0, 0.1) is 0 Å². The number of hydrogen-bond acceptors (Lipinski definition) is 4. The average molecular weight is 287 g/mol. The van der Waals surface area contributed by atoms with Gasteiger partial charge in [0.25, 0.3) is 0 Å². The molecule has 0 radical (unpaired) electrons. The van der Waals surface area contributed by atoms with Crippen molar-refractivity contribution in [3.05, 3.63) is 29.8 Å². The van der Waals surface area contributed by atoms with Gasteiger partial charge in [-0.2, -0.15) is 4.72 Å². The Kier molecular flexibility index (Phi) is 4.21. The van der Waals surface area contributed by atoms with Crippen molar-refractivity contribution in [2.24, 2.45) is 0 Å². The predicted molar refractivity (Wildman–Crippen MR) is 70.4 cm³/mol. The molecule has 106 valence electrons. The summed E-state index contributed by atoms with van der Waals surface area (Å²) in [4.78, 5) is 11.3. The minimum absolute atomic E-state index is 0. The van der Waals surface area contributed by atoms with Crippen molar-refractivity contribution in [1.29, 1.82) is 0 Å². The molecular formula is C12H17NO5S. The maximum atomic E-state index is 11.4. The van der Waals surface area contributed by atoms with Crippen LogP contribution in [0.3, 0.4) is 0 Å². The summed E-state index contributed by atoms with van der Waals surface area (Å²) >= 11 is 0. The van der Waals surface area contributed by atoms with Gasteiger partial charge in [-0.15, -0.1) is 0 Å². The summed E-state index contributed by atoms with van der Waals surface area (Å²) in [5.74, 6) is -1.29. The van der Waals surface area contributed by atoms with E-state index in [0.29, 0.717) is 5.56 Å². The van der Waals surface area contributed by atoms with Crippen LogP contribution in [0.1, 0.15) is 19.4 Å². The molecule has 0 amide bonds. The molecule has 1 fully saturated rings. The second-order valence-corrected chi connectivity index (χ2v) is 6.24. The largest absolute Gasteiger partial charge is 0.508 e. The highest BCUT2D eigenvalue weighted by atomic mass is 32.2. The number of aromatic hydroxyl groups is 1. The van der Waals surface area contributed by atoms with E-state index < -0.39 is 21.5 Å². The van der Waals surface area contributed by atoms with Gasteiger partial charge in [-0.25, -0.2) is 8.42 Å². The van der Waals surface area contributed by atoms with Crippen molar-refractivity contribution < 1.29 is 23.4 Å². The number of nitrogens with one attached hydrogen (secondary N) is 1. The lowest BCUT2D eigenvalue weighted by Gasteiger charge is -2.23. The first-order valence-electron chi connectivity index (χ1n) is 5.36. The SMILES string of the molecule is C.O=C(O)C1(Cc2ccc(O)cc2)CCS(=O)(=O)N1. The molecule has 1 aromatic carbocycles. The summed E-state index contributed by atoms with van der Waals surface area (Å²) in [6.45, 7) is 0. The second-order valence-electron chi connectivity index (χ2n) is 4.40. The van der Waals surface area contributed by atoms with Gasteiger partial charge in [0.15, 0.2) is 0 Å². The molecule has 0 bridgehead atoms. The van der Waals surface area contributed by atoms with E-state index in [1.165, 1.54) is 12.1 Å². The zero-order chi connectivity index (χ0) is 13.4. The first kappa shape index (κ1) is 15.5. The quantitative estimate of drug-likeness (QED) is 0.760. The molecule has 0 aliphatic carbocycles. The van der Waals surface area contributed by atoms with Gasteiger partial charge in [-0.1, -0.05) is 19.6 Å². The lowest BCUT2D eigenvalue weighted by molar-refractivity contribution is -0.143. The Balaban J connectivity index is 0.00000180. The number of phenolic OH excluding ortho intramolecular Hbond substituents is 1. The Morgan fingerprint density at radius 3 is 2.32 bits per heavy atom. The van der Waals surface area contributed by atoms with Gasteiger partial charge in [0.1, 0.15) is 11.3 Å². The molecule has 1 saturated heterocycles. The molecule has 6 nitrogen and oxygen atoms in total. The van der Waals surface area contributed by atoms with Crippen LogP contribution in [0.15, 0.2) is 24.3 Å². The Labute approximate surface area is 112 Å². The van der Waals surface area contributed by atoms with E-state index in [9.17, 15) is 18.3 Å². The third kappa shape index (κ3) is 3.24. The Hall–Kier alpha value is -1.60. The molecule has 7 heteroatoms. The van der Waals surface area contributed by atoms with Crippen molar-refractivity contribution in [3.8, 4) is 5.75 Å². The molecule has 2 rings (SSSR count). The maximum absolute atomic E-state index is 11.4. The van der Waals surface area contributed by atoms with Crippen LogP contribution in [0.5, 0.6) is 5.75 Å². The standard InChI is InChI=1S/C11H13NO5S.CH4/c13-9-3-1-8(2-4-9)7-11(10(14)15)5-6-18(16,17)12-11;/h1-4,12-13H,5-7H2,(H,14,15);1H4. The summed E-state index contributed by atoms with van der Waals surface area (Å²) in [5.41, 5.74) is -0.824. The van der Waals surface area contributed by atoms with Gasteiger partial charge >= 0.3 is 5.97 Å². The minimum atomic E-state index is -3.51. The fourth-order valence-corrected chi connectivity index (χ4v) is 3.60. The number of phenols is 1. The Bertz CT molecular complexity index is 566. The van der Waals surface area contributed by atoms with Crippen molar-refractivity contribution in [2.75, 3.05) is 5.75 Å². The van der Waals surface area contributed by atoms with Gasteiger partial charge < -0.3 is 10.2 Å². The van der Waals surface area contributed by atoms with Crippen molar-refractivity contribution in [3.63, 3.8) is 0 Å². The molecule has 19 heavy (non-hydrogen) atoms. The van der Waals surface area contributed by atoms with Gasteiger partial charge in [0.2, 0.25) is 10.0 Å². The molecule has 3 N–H and O–H groups in total. The van der Waals surface area contributed by atoms with Gasteiger partial charge in [0.05, 0.1) is 5.75 Å². The highest BCUT2D eigenvalue weighted by molar-refractivity contribution is 7.89. The van der Waals surface area contributed by atoms with Crippen molar-refractivity contribution in [1.82, 2.24) is 4.72 Å². The van der Waals surface area contributed by atoms with E-state index in [2.05, 4.69) is 4.72 Å². The van der Waals surface area contributed by atoms with Crippen molar-refractivity contribution in [2.45, 2.75) is 25.8 Å². The molecule has 0 saturated carbocycles. The lowest BCUT2D eigenvalue weighted by Crippen LogP contribution is -2.50. The minimum Gasteiger partial charge on any atom is -0.508 e. The Morgan fingerprint density at radius 1 is 1.32 bits per heavy atom. The first-order chi connectivity index (χ1) is 8.33. The van der Waals surface area contributed by atoms with Crippen LogP contribution >= 0.6 is 0 Å². The number of aliphatic carboxylic acids is 1. The van der Waals surface area contributed by atoms with Crippen LogP contribution in [0.25, 0.3) is 0 Å². The summed E-state index contributed by atoms with van der Waals surface area (Å²) < 4.78 is 25.0. The van der Waals surface area contributed by atoms with E-state index in [-0.39, 0.29) is 31.8 Å². The molecule has 0 spiro atoms.